The van der Waals surface area contributed by atoms with E-state index in [0.717, 1.165) is 19.3 Å². The van der Waals surface area contributed by atoms with Crippen molar-refractivity contribution in [2.24, 2.45) is 23.2 Å². The first-order valence-corrected chi connectivity index (χ1v) is 10.7. The second-order valence-corrected chi connectivity index (χ2v) is 10.1. The Balaban J connectivity index is 1.63. The van der Waals surface area contributed by atoms with Crippen molar-refractivity contribution in [2.45, 2.75) is 70.8 Å². The van der Waals surface area contributed by atoms with E-state index >= 15 is 0 Å². The fraction of sp³-hybridized carbons (Fsp3) is 0.667. The van der Waals surface area contributed by atoms with Crippen LogP contribution in [0.3, 0.4) is 0 Å². The van der Waals surface area contributed by atoms with E-state index in [1.165, 1.54) is 37.5 Å². The van der Waals surface area contributed by atoms with Gasteiger partial charge in [-0.25, -0.2) is 4.79 Å². The third-order valence-electron chi connectivity index (χ3n) is 7.62. The highest BCUT2D eigenvalue weighted by Gasteiger charge is 2.61. The molecule has 0 saturated heterocycles. The standard InChI is InChI=1S/C24H33NO3/c1-15(2)20(21(26)28-4)25-22(27)24-12-17-9-18(13-24)11-23(10-17,14-24)19-7-5-16(3)6-8-19/h5-8,15,17-18,20H,9-14H2,1-4H3,(H,25,27). The number of aryl methyl sites for hydroxylation is 1. The maximum absolute atomic E-state index is 13.5. The molecule has 4 fully saturated rings. The highest BCUT2D eigenvalue weighted by molar-refractivity contribution is 5.88. The third-order valence-corrected chi connectivity index (χ3v) is 7.62. The van der Waals surface area contributed by atoms with Crippen molar-refractivity contribution in [1.82, 2.24) is 5.32 Å². The number of esters is 1. The Kier molecular flexibility index (Phi) is 4.79. The van der Waals surface area contributed by atoms with E-state index in [-0.39, 0.29) is 28.6 Å². The number of rotatable bonds is 5. The van der Waals surface area contributed by atoms with E-state index in [1.807, 2.05) is 13.8 Å². The van der Waals surface area contributed by atoms with E-state index in [1.54, 1.807) is 0 Å². The number of carbonyl (C=O) groups is 2. The second kappa shape index (κ2) is 6.89. The lowest BCUT2D eigenvalue weighted by Crippen LogP contribution is -2.61. The van der Waals surface area contributed by atoms with Crippen LogP contribution in [-0.4, -0.2) is 25.0 Å². The molecular formula is C24H33NO3. The molecule has 1 aromatic rings. The molecule has 1 aromatic carbocycles. The Hall–Kier alpha value is -1.84. The normalized spacial score (nSPS) is 34.3. The molecule has 28 heavy (non-hydrogen) atoms. The molecule has 0 radical (unpaired) electrons. The van der Waals surface area contributed by atoms with Crippen LogP contribution in [0.4, 0.5) is 0 Å². The Labute approximate surface area is 168 Å². The summed E-state index contributed by atoms with van der Waals surface area (Å²) in [7, 11) is 1.39. The van der Waals surface area contributed by atoms with Gasteiger partial charge >= 0.3 is 5.97 Å². The van der Waals surface area contributed by atoms with Crippen LogP contribution in [0.5, 0.6) is 0 Å². The second-order valence-electron chi connectivity index (χ2n) is 10.1. The van der Waals surface area contributed by atoms with E-state index in [2.05, 4.69) is 36.5 Å². The zero-order valence-corrected chi connectivity index (χ0v) is 17.6. The molecule has 3 atom stereocenters. The largest absolute Gasteiger partial charge is 0.467 e. The van der Waals surface area contributed by atoms with Gasteiger partial charge in [0.25, 0.3) is 0 Å². The molecule has 1 amide bonds. The number of methoxy groups -OCH3 is 1. The quantitative estimate of drug-likeness (QED) is 0.777. The lowest BCUT2D eigenvalue weighted by atomic mass is 9.42. The fourth-order valence-corrected chi connectivity index (χ4v) is 6.69. The molecule has 1 N–H and O–H groups in total. The molecule has 4 bridgehead atoms. The topological polar surface area (TPSA) is 55.4 Å². The van der Waals surface area contributed by atoms with Crippen LogP contribution in [0.25, 0.3) is 0 Å². The molecule has 4 aliphatic rings. The van der Waals surface area contributed by atoms with Gasteiger partial charge in [0.1, 0.15) is 6.04 Å². The summed E-state index contributed by atoms with van der Waals surface area (Å²) >= 11 is 0. The van der Waals surface area contributed by atoms with Crippen molar-refractivity contribution in [3.05, 3.63) is 35.4 Å². The summed E-state index contributed by atoms with van der Waals surface area (Å²) in [5.74, 6) is 0.966. The highest BCUT2D eigenvalue weighted by Crippen LogP contribution is 2.65. The summed E-state index contributed by atoms with van der Waals surface area (Å²) in [6.07, 6.45) is 6.50. The molecular weight excluding hydrogens is 350 g/mol. The van der Waals surface area contributed by atoms with Crippen LogP contribution in [-0.2, 0) is 19.7 Å². The molecule has 0 aliphatic heterocycles. The average molecular weight is 384 g/mol. The van der Waals surface area contributed by atoms with Gasteiger partial charge in [-0.1, -0.05) is 43.7 Å². The summed E-state index contributed by atoms with van der Waals surface area (Å²) in [6.45, 7) is 6.03. The van der Waals surface area contributed by atoms with Crippen molar-refractivity contribution >= 4 is 11.9 Å². The number of carbonyl (C=O) groups excluding carboxylic acids is 2. The lowest BCUT2D eigenvalue weighted by Gasteiger charge is -2.61. The predicted octanol–water partition coefficient (Wildman–Crippen LogP) is 4.15. The van der Waals surface area contributed by atoms with Gasteiger partial charge in [-0.05, 0) is 74.2 Å². The van der Waals surface area contributed by atoms with Crippen molar-refractivity contribution < 1.29 is 14.3 Å². The van der Waals surface area contributed by atoms with Crippen molar-refractivity contribution in [2.75, 3.05) is 7.11 Å². The zero-order chi connectivity index (χ0) is 20.1. The van der Waals surface area contributed by atoms with Gasteiger partial charge in [0.05, 0.1) is 12.5 Å². The summed E-state index contributed by atoms with van der Waals surface area (Å²) in [6, 6.07) is 8.39. The van der Waals surface area contributed by atoms with E-state index < -0.39 is 6.04 Å². The maximum atomic E-state index is 13.5. The minimum absolute atomic E-state index is 0.0105. The van der Waals surface area contributed by atoms with Gasteiger partial charge in [-0.15, -0.1) is 0 Å². The summed E-state index contributed by atoms with van der Waals surface area (Å²) in [5.41, 5.74) is 2.46. The summed E-state index contributed by atoms with van der Waals surface area (Å²) in [4.78, 5) is 25.7. The molecule has 152 valence electrons. The smallest absolute Gasteiger partial charge is 0.328 e. The van der Waals surface area contributed by atoms with Crippen molar-refractivity contribution in [3.63, 3.8) is 0 Å². The van der Waals surface area contributed by atoms with Crippen LogP contribution < -0.4 is 5.32 Å². The molecule has 4 aliphatic carbocycles. The fourth-order valence-electron chi connectivity index (χ4n) is 6.69. The number of hydrogen-bond donors (Lipinski definition) is 1. The number of hydrogen-bond acceptors (Lipinski definition) is 3. The van der Waals surface area contributed by atoms with Crippen LogP contribution in [0.15, 0.2) is 24.3 Å². The Bertz CT molecular complexity index is 753. The molecule has 3 unspecified atom stereocenters. The van der Waals surface area contributed by atoms with Crippen LogP contribution in [0, 0.1) is 30.1 Å². The zero-order valence-electron chi connectivity index (χ0n) is 17.6. The molecule has 0 heterocycles. The predicted molar refractivity (Wildman–Crippen MR) is 109 cm³/mol. The Morgan fingerprint density at radius 3 is 2.21 bits per heavy atom. The van der Waals surface area contributed by atoms with Gasteiger partial charge in [0.2, 0.25) is 5.91 Å². The van der Waals surface area contributed by atoms with E-state index in [4.69, 9.17) is 4.74 Å². The van der Waals surface area contributed by atoms with Gasteiger partial charge in [-0.2, -0.15) is 0 Å². The van der Waals surface area contributed by atoms with Gasteiger partial charge < -0.3 is 10.1 Å². The maximum Gasteiger partial charge on any atom is 0.328 e. The Morgan fingerprint density at radius 2 is 1.68 bits per heavy atom. The highest BCUT2D eigenvalue weighted by atomic mass is 16.5. The first kappa shape index (κ1) is 19.5. The van der Waals surface area contributed by atoms with E-state index in [0.29, 0.717) is 11.8 Å². The van der Waals surface area contributed by atoms with Gasteiger partial charge in [-0.3, -0.25) is 4.79 Å². The molecule has 5 rings (SSSR count). The van der Waals surface area contributed by atoms with E-state index in [9.17, 15) is 9.59 Å². The summed E-state index contributed by atoms with van der Waals surface area (Å²) in [5, 5.41) is 3.09. The van der Waals surface area contributed by atoms with Crippen LogP contribution >= 0.6 is 0 Å². The monoisotopic (exact) mass is 383 g/mol. The molecule has 0 aromatic heterocycles. The molecule has 4 saturated carbocycles. The third kappa shape index (κ3) is 3.15. The Morgan fingerprint density at radius 1 is 1.07 bits per heavy atom. The number of amides is 1. The average Bonchev–Trinajstić information content (AvgIpc) is 2.64. The van der Waals surface area contributed by atoms with Gasteiger partial charge in [0, 0.05) is 0 Å². The molecule has 4 heteroatoms. The number of ether oxygens (including phenoxy) is 1. The minimum Gasteiger partial charge on any atom is -0.467 e. The SMILES string of the molecule is COC(=O)C(NC(=O)C12CC3CC(C1)CC(c1ccc(C)cc1)(C3)C2)C(C)C. The van der Waals surface area contributed by atoms with Crippen LogP contribution in [0.1, 0.15) is 63.5 Å². The number of benzene rings is 1. The van der Waals surface area contributed by atoms with Crippen molar-refractivity contribution in [3.8, 4) is 0 Å². The first-order valence-electron chi connectivity index (χ1n) is 10.7. The van der Waals surface area contributed by atoms with Gasteiger partial charge in [0.15, 0.2) is 0 Å². The van der Waals surface area contributed by atoms with Crippen LogP contribution in [0.2, 0.25) is 0 Å². The van der Waals surface area contributed by atoms with Crippen molar-refractivity contribution in [1.29, 1.82) is 0 Å². The summed E-state index contributed by atoms with van der Waals surface area (Å²) < 4.78 is 4.94. The lowest BCUT2D eigenvalue weighted by molar-refractivity contribution is -0.155. The number of nitrogens with one attached hydrogen (secondary N) is 1. The molecule has 0 spiro atoms. The molecule has 4 nitrogen and oxygen atoms in total. The minimum atomic E-state index is -0.569. The first-order chi connectivity index (χ1) is 13.3.